The van der Waals surface area contributed by atoms with Gasteiger partial charge in [-0.1, -0.05) is 22.0 Å². The van der Waals surface area contributed by atoms with Gasteiger partial charge in [0.05, 0.1) is 12.7 Å². The van der Waals surface area contributed by atoms with Crippen LogP contribution in [0.4, 0.5) is 8.78 Å². The van der Waals surface area contributed by atoms with E-state index in [4.69, 9.17) is 4.74 Å². The molecule has 0 bridgehead atoms. The lowest BCUT2D eigenvalue weighted by atomic mass is 10.0. The lowest BCUT2D eigenvalue weighted by Crippen LogP contribution is -2.09. The molecule has 0 fully saturated rings. The number of carbonyl (C=O) groups is 1. The van der Waals surface area contributed by atoms with E-state index in [1.54, 1.807) is 0 Å². The highest BCUT2D eigenvalue weighted by Gasteiger charge is 2.18. The van der Waals surface area contributed by atoms with Crippen molar-refractivity contribution >= 4 is 21.7 Å². The van der Waals surface area contributed by atoms with E-state index in [-0.39, 0.29) is 17.7 Å². The molecule has 0 N–H and O–H groups in total. The van der Waals surface area contributed by atoms with Crippen LogP contribution in [0.15, 0.2) is 40.9 Å². The van der Waals surface area contributed by atoms with Gasteiger partial charge in [0, 0.05) is 10.9 Å². The minimum atomic E-state index is -0.651. The molecule has 0 atom stereocenters. The van der Waals surface area contributed by atoms with Gasteiger partial charge in [0.1, 0.15) is 17.4 Å². The molecule has 104 valence electrons. The number of carbonyl (C=O) groups excluding carboxylic acids is 1. The van der Waals surface area contributed by atoms with Crippen molar-refractivity contribution < 1.29 is 18.3 Å². The molecule has 2 aromatic rings. The summed E-state index contributed by atoms with van der Waals surface area (Å²) in [7, 11) is 1.36. The Labute approximate surface area is 123 Å². The van der Waals surface area contributed by atoms with Gasteiger partial charge in [-0.3, -0.25) is 4.79 Å². The van der Waals surface area contributed by atoms with E-state index in [9.17, 15) is 13.6 Å². The van der Waals surface area contributed by atoms with Crippen molar-refractivity contribution in [2.45, 2.75) is 6.42 Å². The fourth-order valence-electron chi connectivity index (χ4n) is 1.89. The quantitative estimate of drug-likeness (QED) is 0.781. The summed E-state index contributed by atoms with van der Waals surface area (Å²) in [5.74, 6) is -1.40. The van der Waals surface area contributed by atoms with E-state index >= 15 is 0 Å². The van der Waals surface area contributed by atoms with Crippen LogP contribution in [0.5, 0.6) is 5.75 Å². The van der Waals surface area contributed by atoms with Crippen LogP contribution in [0.25, 0.3) is 0 Å². The molecule has 5 heteroatoms. The van der Waals surface area contributed by atoms with E-state index in [1.807, 2.05) is 0 Å². The summed E-state index contributed by atoms with van der Waals surface area (Å²) in [6.07, 6.45) is -0.115. The van der Waals surface area contributed by atoms with Crippen molar-refractivity contribution in [3.05, 3.63) is 63.6 Å². The SMILES string of the molecule is COc1cccc(F)c1C(=O)Cc1cc(F)ccc1Br. The number of benzene rings is 2. The normalized spacial score (nSPS) is 10.4. The summed E-state index contributed by atoms with van der Waals surface area (Å²) in [6, 6.07) is 8.20. The first-order chi connectivity index (χ1) is 9.52. The van der Waals surface area contributed by atoms with Crippen LogP contribution in [-0.2, 0) is 6.42 Å². The van der Waals surface area contributed by atoms with E-state index in [2.05, 4.69) is 15.9 Å². The fourth-order valence-corrected chi connectivity index (χ4v) is 2.27. The van der Waals surface area contributed by atoms with Crippen molar-refractivity contribution in [2.75, 3.05) is 7.11 Å². The van der Waals surface area contributed by atoms with Crippen molar-refractivity contribution in [1.82, 2.24) is 0 Å². The number of hydrogen-bond donors (Lipinski definition) is 0. The molecule has 0 radical (unpaired) electrons. The highest BCUT2D eigenvalue weighted by atomic mass is 79.9. The molecule has 2 rings (SSSR count). The van der Waals surface area contributed by atoms with Crippen LogP contribution in [-0.4, -0.2) is 12.9 Å². The lowest BCUT2D eigenvalue weighted by Gasteiger charge is -2.09. The van der Waals surface area contributed by atoms with Gasteiger partial charge in [0.15, 0.2) is 5.78 Å². The average molecular weight is 341 g/mol. The Hall–Kier alpha value is -1.75. The van der Waals surface area contributed by atoms with Crippen LogP contribution in [0.2, 0.25) is 0 Å². The number of ether oxygens (including phenoxy) is 1. The monoisotopic (exact) mass is 340 g/mol. The minimum Gasteiger partial charge on any atom is -0.496 e. The van der Waals surface area contributed by atoms with Crippen molar-refractivity contribution in [2.24, 2.45) is 0 Å². The molecule has 20 heavy (non-hydrogen) atoms. The van der Waals surface area contributed by atoms with E-state index in [0.29, 0.717) is 10.0 Å². The van der Waals surface area contributed by atoms with Gasteiger partial charge in [0.2, 0.25) is 0 Å². The molecule has 0 amide bonds. The largest absolute Gasteiger partial charge is 0.496 e. The van der Waals surface area contributed by atoms with Crippen molar-refractivity contribution in [3.8, 4) is 5.75 Å². The Morgan fingerprint density at radius 2 is 2.00 bits per heavy atom. The summed E-state index contributed by atoms with van der Waals surface area (Å²) in [5, 5.41) is 0. The maximum Gasteiger partial charge on any atom is 0.173 e. The van der Waals surface area contributed by atoms with E-state index < -0.39 is 17.4 Å². The number of rotatable bonds is 4. The molecule has 0 aliphatic rings. The topological polar surface area (TPSA) is 26.3 Å². The molecule has 0 unspecified atom stereocenters. The smallest absolute Gasteiger partial charge is 0.173 e. The first-order valence-corrected chi connectivity index (χ1v) is 6.62. The first-order valence-electron chi connectivity index (χ1n) is 5.82. The second kappa shape index (κ2) is 6.13. The van der Waals surface area contributed by atoms with E-state index in [1.165, 1.54) is 43.5 Å². The second-order valence-electron chi connectivity index (χ2n) is 4.15. The van der Waals surface area contributed by atoms with Crippen LogP contribution in [0, 0.1) is 11.6 Å². The Morgan fingerprint density at radius 3 is 2.70 bits per heavy atom. The maximum absolute atomic E-state index is 13.8. The number of methoxy groups -OCH3 is 1. The third-order valence-electron chi connectivity index (χ3n) is 2.83. The minimum absolute atomic E-state index is 0.115. The van der Waals surface area contributed by atoms with Crippen LogP contribution in [0.1, 0.15) is 15.9 Å². The number of halogens is 3. The van der Waals surface area contributed by atoms with Gasteiger partial charge in [0.25, 0.3) is 0 Å². The molecule has 0 saturated carbocycles. The standard InChI is InChI=1S/C15H11BrF2O2/c1-20-14-4-2-3-12(18)15(14)13(19)8-9-7-10(17)5-6-11(9)16/h2-7H,8H2,1H3. The molecule has 0 aliphatic heterocycles. The molecule has 2 aromatic carbocycles. The third-order valence-corrected chi connectivity index (χ3v) is 3.61. The fraction of sp³-hybridized carbons (Fsp3) is 0.133. The average Bonchev–Trinajstić information content (AvgIpc) is 2.42. The summed E-state index contributed by atoms with van der Waals surface area (Å²) < 4.78 is 32.6. The molecule has 0 aliphatic carbocycles. The number of Topliss-reactive ketones (excluding diaryl/α,β-unsaturated/α-hetero) is 1. The van der Waals surface area contributed by atoms with Crippen molar-refractivity contribution in [3.63, 3.8) is 0 Å². The molecular weight excluding hydrogens is 330 g/mol. The molecular formula is C15H11BrF2O2. The van der Waals surface area contributed by atoms with Crippen LogP contribution < -0.4 is 4.74 Å². The lowest BCUT2D eigenvalue weighted by molar-refractivity contribution is 0.0985. The zero-order valence-corrected chi connectivity index (χ0v) is 12.2. The van der Waals surface area contributed by atoms with Gasteiger partial charge in [-0.15, -0.1) is 0 Å². The van der Waals surface area contributed by atoms with Gasteiger partial charge >= 0.3 is 0 Å². The number of hydrogen-bond acceptors (Lipinski definition) is 2. The van der Waals surface area contributed by atoms with Crippen LogP contribution >= 0.6 is 15.9 Å². The van der Waals surface area contributed by atoms with Gasteiger partial charge in [-0.2, -0.15) is 0 Å². The summed E-state index contributed by atoms with van der Waals surface area (Å²) in [6.45, 7) is 0. The summed E-state index contributed by atoms with van der Waals surface area (Å²) in [4.78, 5) is 12.2. The first kappa shape index (κ1) is 14.7. The molecule has 0 saturated heterocycles. The molecule has 2 nitrogen and oxygen atoms in total. The highest BCUT2D eigenvalue weighted by molar-refractivity contribution is 9.10. The zero-order chi connectivity index (χ0) is 14.7. The van der Waals surface area contributed by atoms with E-state index in [0.717, 1.165) is 0 Å². The van der Waals surface area contributed by atoms with Crippen LogP contribution in [0.3, 0.4) is 0 Å². The van der Waals surface area contributed by atoms with Crippen molar-refractivity contribution in [1.29, 1.82) is 0 Å². The molecule has 0 heterocycles. The summed E-state index contributed by atoms with van der Waals surface area (Å²) >= 11 is 3.24. The Kier molecular flexibility index (Phi) is 4.49. The predicted molar refractivity (Wildman–Crippen MR) is 75.1 cm³/mol. The molecule has 0 spiro atoms. The van der Waals surface area contributed by atoms with Gasteiger partial charge < -0.3 is 4.74 Å². The highest BCUT2D eigenvalue weighted by Crippen LogP contribution is 2.25. The van der Waals surface area contributed by atoms with Gasteiger partial charge in [-0.25, -0.2) is 8.78 Å². The summed E-state index contributed by atoms with van der Waals surface area (Å²) in [5.41, 5.74) is 0.339. The second-order valence-corrected chi connectivity index (χ2v) is 5.01. The zero-order valence-electron chi connectivity index (χ0n) is 10.6. The molecule has 0 aromatic heterocycles. The maximum atomic E-state index is 13.8. The Balaban J connectivity index is 2.36. The Morgan fingerprint density at radius 1 is 1.25 bits per heavy atom. The Bertz CT molecular complexity index is 656. The predicted octanol–water partition coefficient (Wildman–Crippen LogP) is 4.16. The number of ketones is 1. The third kappa shape index (κ3) is 3.04. The van der Waals surface area contributed by atoms with Gasteiger partial charge in [-0.05, 0) is 35.9 Å².